The van der Waals surface area contributed by atoms with Gasteiger partial charge in [0.2, 0.25) is 11.7 Å². The van der Waals surface area contributed by atoms with Gasteiger partial charge in [0.1, 0.15) is 5.82 Å². The van der Waals surface area contributed by atoms with Crippen molar-refractivity contribution in [2.24, 2.45) is 0 Å². The maximum Gasteiger partial charge on any atom is 0.258 e. The van der Waals surface area contributed by atoms with Gasteiger partial charge in [0.15, 0.2) is 11.5 Å². The summed E-state index contributed by atoms with van der Waals surface area (Å²) in [7, 11) is 0. The van der Waals surface area contributed by atoms with Gasteiger partial charge in [0, 0.05) is 38.4 Å². The van der Waals surface area contributed by atoms with Gasteiger partial charge in [-0.25, -0.2) is 4.98 Å². The van der Waals surface area contributed by atoms with Crippen molar-refractivity contribution in [1.82, 2.24) is 9.97 Å². The van der Waals surface area contributed by atoms with Crippen LogP contribution < -0.4 is 20.3 Å². The molecule has 2 aromatic carbocycles. The zero-order valence-electron chi connectivity index (χ0n) is 15.7. The predicted octanol–water partition coefficient (Wildman–Crippen LogP) is 3.39. The van der Waals surface area contributed by atoms with E-state index in [1.165, 1.54) is 0 Å². The van der Waals surface area contributed by atoms with E-state index in [1.54, 1.807) is 30.3 Å². The number of carbonyl (C=O) groups is 1. The second-order valence-corrected chi connectivity index (χ2v) is 7.20. The van der Waals surface area contributed by atoms with Gasteiger partial charge in [0.05, 0.1) is 10.9 Å². The third-order valence-corrected chi connectivity index (χ3v) is 4.42. The number of H-pyrrole nitrogens is 1. The fourth-order valence-electron chi connectivity index (χ4n) is 3.19. The van der Waals surface area contributed by atoms with Gasteiger partial charge >= 0.3 is 0 Å². The number of hydrogen-bond acceptors (Lipinski definition) is 5. The Hall–Kier alpha value is -3.35. The van der Waals surface area contributed by atoms with E-state index in [-0.39, 0.29) is 11.5 Å². The number of aryl methyl sites for hydroxylation is 1. The van der Waals surface area contributed by atoms with E-state index in [1.807, 2.05) is 26.0 Å². The largest absolute Gasteiger partial charge is 0.449 e. The summed E-state index contributed by atoms with van der Waals surface area (Å²) < 4.78 is 11.3. The molecule has 1 aliphatic heterocycles. The third kappa shape index (κ3) is 3.83. The molecule has 4 rings (SSSR count). The van der Waals surface area contributed by atoms with Crippen molar-refractivity contribution < 1.29 is 14.3 Å². The van der Waals surface area contributed by atoms with Crippen molar-refractivity contribution >= 4 is 22.5 Å². The molecule has 7 nitrogen and oxygen atoms in total. The smallest absolute Gasteiger partial charge is 0.258 e. The highest BCUT2D eigenvalue weighted by molar-refractivity contribution is 5.91. The maximum atomic E-state index is 12.2. The summed E-state index contributed by atoms with van der Waals surface area (Å²) in [4.78, 5) is 31.5. The zero-order valence-corrected chi connectivity index (χ0v) is 15.7. The first kappa shape index (κ1) is 18.0. The van der Waals surface area contributed by atoms with E-state index in [4.69, 9.17) is 9.47 Å². The summed E-state index contributed by atoms with van der Waals surface area (Å²) in [6.45, 7) is 3.66. The highest BCUT2D eigenvalue weighted by Crippen LogP contribution is 2.40. The lowest BCUT2D eigenvalue weighted by Crippen LogP contribution is -2.29. The van der Waals surface area contributed by atoms with Crippen LogP contribution in [0.1, 0.15) is 32.5 Å². The summed E-state index contributed by atoms with van der Waals surface area (Å²) in [5, 5.41) is 3.42. The number of nitrogens with one attached hydrogen (secondary N) is 2. The molecule has 144 valence electrons. The number of aromatic nitrogens is 2. The number of fused-ring (bicyclic) bond motifs is 2. The molecule has 0 atom stereocenters. The highest BCUT2D eigenvalue weighted by Gasteiger charge is 2.31. The molecule has 0 saturated heterocycles. The van der Waals surface area contributed by atoms with E-state index >= 15 is 0 Å². The van der Waals surface area contributed by atoms with Crippen LogP contribution in [-0.2, 0) is 11.2 Å². The second kappa shape index (κ2) is 6.99. The van der Waals surface area contributed by atoms with Crippen LogP contribution in [0.5, 0.6) is 11.5 Å². The van der Waals surface area contributed by atoms with Crippen LogP contribution in [0, 0.1) is 0 Å². The van der Waals surface area contributed by atoms with E-state index in [9.17, 15) is 9.59 Å². The van der Waals surface area contributed by atoms with Gasteiger partial charge in [-0.2, -0.15) is 0 Å². The number of amides is 1. The molecular formula is C21H21N3O4. The predicted molar refractivity (Wildman–Crippen MR) is 106 cm³/mol. The normalized spacial score (nSPS) is 14.2. The molecule has 2 N–H and O–H groups in total. The van der Waals surface area contributed by atoms with Crippen LogP contribution in [-0.4, -0.2) is 21.7 Å². The molecule has 0 saturated carbocycles. The van der Waals surface area contributed by atoms with Crippen molar-refractivity contribution in [3.8, 4) is 11.5 Å². The molecule has 28 heavy (non-hydrogen) atoms. The Bertz CT molecular complexity index is 1100. The Labute approximate surface area is 161 Å². The summed E-state index contributed by atoms with van der Waals surface area (Å²) in [5.74, 6) is 1.05. The number of carbonyl (C=O) groups excluding carboxylic acids is 1. The van der Waals surface area contributed by atoms with E-state index in [2.05, 4.69) is 15.3 Å². The molecule has 2 heterocycles. The lowest BCUT2D eigenvalue weighted by Gasteiger charge is -2.16. The number of hydrogen-bond donors (Lipinski definition) is 2. The van der Waals surface area contributed by atoms with Gasteiger partial charge in [0.25, 0.3) is 5.56 Å². The minimum absolute atomic E-state index is 0.110. The Kier molecular flexibility index (Phi) is 4.50. The van der Waals surface area contributed by atoms with Gasteiger partial charge in [-0.15, -0.1) is 0 Å². The minimum atomic E-state index is -0.700. The van der Waals surface area contributed by atoms with Crippen LogP contribution in [0.15, 0.2) is 47.3 Å². The number of ether oxygens (including phenoxy) is 2. The van der Waals surface area contributed by atoms with E-state index in [0.717, 1.165) is 0 Å². The minimum Gasteiger partial charge on any atom is -0.449 e. The molecule has 3 aromatic rings. The SMILES string of the molecule is CC1(C)Oc2ccc(NC(=O)CCCc3nc4ccccc4c(=O)[nH]3)cc2O1. The number of aromatic amines is 1. The molecular weight excluding hydrogens is 358 g/mol. The average Bonchev–Trinajstić information content (AvgIpc) is 2.95. The van der Waals surface area contributed by atoms with Crippen LogP contribution >= 0.6 is 0 Å². The van der Waals surface area contributed by atoms with Crippen molar-refractivity contribution in [3.05, 3.63) is 58.6 Å². The quantitative estimate of drug-likeness (QED) is 0.709. The summed E-state index contributed by atoms with van der Waals surface area (Å²) in [6.07, 6.45) is 1.41. The first-order valence-electron chi connectivity index (χ1n) is 9.19. The van der Waals surface area contributed by atoms with Crippen molar-refractivity contribution in [3.63, 3.8) is 0 Å². The van der Waals surface area contributed by atoms with Crippen molar-refractivity contribution in [1.29, 1.82) is 0 Å². The fourth-order valence-corrected chi connectivity index (χ4v) is 3.19. The molecule has 1 amide bonds. The highest BCUT2D eigenvalue weighted by atomic mass is 16.7. The zero-order chi connectivity index (χ0) is 19.7. The standard InChI is InChI=1S/C21H21N3O4/c1-21(2)27-16-11-10-13(12-17(16)28-21)22-19(25)9-5-8-18-23-15-7-4-3-6-14(15)20(26)24-18/h3-4,6-7,10-12H,5,8-9H2,1-2H3,(H,22,25)(H,23,24,26). The Morgan fingerprint density at radius 2 is 1.93 bits per heavy atom. The second-order valence-electron chi connectivity index (χ2n) is 7.20. The molecule has 0 fully saturated rings. The molecule has 0 aliphatic carbocycles. The monoisotopic (exact) mass is 379 g/mol. The Balaban J connectivity index is 1.34. The summed E-state index contributed by atoms with van der Waals surface area (Å²) in [5.41, 5.74) is 1.16. The van der Waals surface area contributed by atoms with Crippen LogP contribution in [0.3, 0.4) is 0 Å². The van der Waals surface area contributed by atoms with Gasteiger partial charge in [-0.05, 0) is 30.7 Å². The number of nitrogens with zero attached hydrogens (tertiary/aromatic N) is 1. The summed E-state index contributed by atoms with van der Waals surface area (Å²) >= 11 is 0. The molecule has 0 radical (unpaired) electrons. The van der Waals surface area contributed by atoms with Gasteiger partial charge in [-0.1, -0.05) is 12.1 Å². The van der Waals surface area contributed by atoms with Crippen molar-refractivity contribution in [2.75, 3.05) is 5.32 Å². The molecule has 0 spiro atoms. The maximum absolute atomic E-state index is 12.2. The van der Waals surface area contributed by atoms with E-state index < -0.39 is 5.79 Å². The molecule has 0 bridgehead atoms. The average molecular weight is 379 g/mol. The molecule has 0 unspecified atom stereocenters. The fraction of sp³-hybridized carbons (Fsp3) is 0.286. The topological polar surface area (TPSA) is 93.3 Å². The molecule has 1 aliphatic rings. The van der Waals surface area contributed by atoms with Gasteiger partial charge in [-0.3, -0.25) is 9.59 Å². The van der Waals surface area contributed by atoms with Crippen molar-refractivity contribution in [2.45, 2.75) is 38.9 Å². The number of rotatable bonds is 5. The molecule has 1 aromatic heterocycles. The van der Waals surface area contributed by atoms with Gasteiger partial charge < -0.3 is 19.8 Å². The number of benzene rings is 2. The summed E-state index contributed by atoms with van der Waals surface area (Å²) in [6, 6.07) is 12.5. The van der Waals surface area contributed by atoms with Crippen LogP contribution in [0.2, 0.25) is 0 Å². The first-order valence-corrected chi connectivity index (χ1v) is 9.19. The van der Waals surface area contributed by atoms with Crippen LogP contribution in [0.4, 0.5) is 5.69 Å². The Morgan fingerprint density at radius 1 is 1.14 bits per heavy atom. The van der Waals surface area contributed by atoms with Crippen LogP contribution in [0.25, 0.3) is 10.9 Å². The first-order chi connectivity index (χ1) is 13.4. The lowest BCUT2D eigenvalue weighted by atomic mass is 10.2. The molecule has 7 heteroatoms. The number of anilines is 1. The lowest BCUT2D eigenvalue weighted by molar-refractivity contribution is -0.116. The number of para-hydroxylation sites is 1. The Morgan fingerprint density at radius 3 is 2.79 bits per heavy atom. The third-order valence-electron chi connectivity index (χ3n) is 4.42. The van der Waals surface area contributed by atoms with E-state index in [0.29, 0.717) is 53.2 Å².